The van der Waals surface area contributed by atoms with Crippen molar-refractivity contribution in [3.05, 3.63) is 77.6 Å². The summed E-state index contributed by atoms with van der Waals surface area (Å²) in [5, 5.41) is 2.23. The van der Waals surface area contributed by atoms with Crippen LogP contribution in [0, 0.1) is 5.82 Å². The zero-order chi connectivity index (χ0) is 18.5. The summed E-state index contributed by atoms with van der Waals surface area (Å²) in [6.07, 6.45) is 1.02. The van der Waals surface area contributed by atoms with Crippen LogP contribution >= 0.6 is 0 Å². The zero-order valence-electron chi connectivity index (χ0n) is 15.0. The first-order chi connectivity index (χ1) is 12.5. The van der Waals surface area contributed by atoms with E-state index in [1.165, 1.54) is 12.1 Å². The minimum absolute atomic E-state index is 0.0733. The molecule has 0 radical (unpaired) electrons. The third kappa shape index (κ3) is 4.39. The van der Waals surface area contributed by atoms with Crippen LogP contribution in [0.4, 0.5) is 4.39 Å². The zero-order valence-corrected chi connectivity index (χ0v) is 15.0. The van der Waals surface area contributed by atoms with E-state index in [9.17, 15) is 9.18 Å². The van der Waals surface area contributed by atoms with Gasteiger partial charge in [-0.25, -0.2) is 4.39 Å². The van der Waals surface area contributed by atoms with Crippen LogP contribution in [0.1, 0.15) is 17.5 Å². The Morgan fingerprint density at radius 1 is 0.962 bits per heavy atom. The van der Waals surface area contributed by atoms with Crippen LogP contribution < -0.4 is 4.74 Å². The Morgan fingerprint density at radius 3 is 2.35 bits per heavy atom. The quantitative estimate of drug-likeness (QED) is 0.651. The number of amides is 1. The van der Waals surface area contributed by atoms with Crippen molar-refractivity contribution in [2.24, 2.45) is 0 Å². The number of fused-ring (bicyclic) bond motifs is 1. The molecular formula is C22H22FNO2. The molecule has 0 aliphatic carbocycles. The highest BCUT2D eigenvalue weighted by molar-refractivity contribution is 5.84. The summed E-state index contributed by atoms with van der Waals surface area (Å²) in [6, 6.07) is 18.4. The lowest BCUT2D eigenvalue weighted by atomic mass is 10.1. The van der Waals surface area contributed by atoms with Gasteiger partial charge in [-0.3, -0.25) is 4.79 Å². The van der Waals surface area contributed by atoms with Crippen LogP contribution in [-0.4, -0.2) is 25.0 Å². The van der Waals surface area contributed by atoms with Crippen molar-refractivity contribution < 1.29 is 13.9 Å². The average molecular weight is 351 g/mol. The van der Waals surface area contributed by atoms with Gasteiger partial charge in [0, 0.05) is 20.0 Å². The smallest absolute Gasteiger partial charge is 0.222 e. The third-order valence-electron chi connectivity index (χ3n) is 4.50. The van der Waals surface area contributed by atoms with E-state index in [2.05, 4.69) is 6.07 Å². The van der Waals surface area contributed by atoms with Crippen LogP contribution in [0.15, 0.2) is 60.7 Å². The van der Waals surface area contributed by atoms with Crippen LogP contribution in [0.3, 0.4) is 0 Å². The first-order valence-corrected chi connectivity index (χ1v) is 8.60. The van der Waals surface area contributed by atoms with Gasteiger partial charge in [0.1, 0.15) is 11.6 Å². The number of carbonyl (C=O) groups excluding carboxylic acids is 1. The molecule has 0 atom stereocenters. The maximum absolute atomic E-state index is 12.9. The summed E-state index contributed by atoms with van der Waals surface area (Å²) in [5.74, 6) is 0.647. The van der Waals surface area contributed by atoms with Crippen LogP contribution in [0.2, 0.25) is 0 Å². The van der Waals surface area contributed by atoms with Gasteiger partial charge in [0.05, 0.1) is 7.11 Å². The molecule has 0 saturated carbocycles. The number of methoxy groups -OCH3 is 1. The largest absolute Gasteiger partial charge is 0.497 e. The molecule has 0 heterocycles. The Labute approximate surface area is 153 Å². The molecule has 0 unspecified atom stereocenters. The number of nitrogens with zero attached hydrogens (tertiary/aromatic N) is 1. The molecule has 0 N–H and O–H groups in total. The molecule has 4 heteroatoms. The SMILES string of the molecule is COc1ccc2cc(CN(C)C(=O)CCc3ccc(F)cc3)ccc2c1. The number of carbonyl (C=O) groups is 1. The highest BCUT2D eigenvalue weighted by Gasteiger charge is 2.10. The van der Waals surface area contributed by atoms with Gasteiger partial charge in [0.2, 0.25) is 5.91 Å². The summed E-state index contributed by atoms with van der Waals surface area (Å²) >= 11 is 0. The Bertz CT molecular complexity index is 906. The number of rotatable bonds is 6. The summed E-state index contributed by atoms with van der Waals surface area (Å²) in [5.41, 5.74) is 2.05. The molecule has 3 rings (SSSR count). The molecule has 3 aromatic carbocycles. The minimum Gasteiger partial charge on any atom is -0.497 e. The second-order valence-corrected chi connectivity index (χ2v) is 6.42. The molecular weight excluding hydrogens is 329 g/mol. The van der Waals surface area contributed by atoms with Gasteiger partial charge in [-0.05, 0) is 58.7 Å². The lowest BCUT2D eigenvalue weighted by Gasteiger charge is -2.18. The highest BCUT2D eigenvalue weighted by atomic mass is 19.1. The summed E-state index contributed by atoms with van der Waals surface area (Å²) in [7, 11) is 3.47. The van der Waals surface area contributed by atoms with Gasteiger partial charge in [0.25, 0.3) is 0 Å². The number of hydrogen-bond donors (Lipinski definition) is 0. The van der Waals surface area contributed by atoms with Gasteiger partial charge in [-0.15, -0.1) is 0 Å². The van der Waals surface area contributed by atoms with Crippen molar-refractivity contribution in [3.8, 4) is 5.75 Å². The molecule has 0 aliphatic rings. The van der Waals surface area contributed by atoms with Crippen molar-refractivity contribution >= 4 is 16.7 Å². The standard InChI is InChI=1S/C22H22FNO2/c1-24(22(25)12-6-16-4-9-20(23)10-5-16)15-17-3-7-19-14-21(26-2)11-8-18(19)13-17/h3-5,7-11,13-14H,6,12,15H2,1-2H3. The van der Waals surface area contributed by atoms with Crippen molar-refractivity contribution in [1.29, 1.82) is 0 Å². The van der Waals surface area contributed by atoms with Gasteiger partial charge < -0.3 is 9.64 Å². The fraction of sp³-hybridized carbons (Fsp3) is 0.227. The highest BCUT2D eigenvalue weighted by Crippen LogP contribution is 2.22. The second-order valence-electron chi connectivity index (χ2n) is 6.42. The molecule has 26 heavy (non-hydrogen) atoms. The summed E-state index contributed by atoms with van der Waals surface area (Å²) in [6.45, 7) is 0.560. The van der Waals surface area contributed by atoms with Crippen molar-refractivity contribution in [3.63, 3.8) is 0 Å². The maximum Gasteiger partial charge on any atom is 0.222 e. The third-order valence-corrected chi connectivity index (χ3v) is 4.50. The van der Waals surface area contributed by atoms with Crippen molar-refractivity contribution in [1.82, 2.24) is 4.90 Å². The van der Waals surface area contributed by atoms with E-state index in [-0.39, 0.29) is 11.7 Å². The van der Waals surface area contributed by atoms with E-state index in [0.29, 0.717) is 19.4 Å². The predicted octanol–water partition coefficient (Wildman–Crippen LogP) is 4.58. The van der Waals surface area contributed by atoms with Crippen molar-refractivity contribution in [2.75, 3.05) is 14.2 Å². The van der Waals surface area contributed by atoms with E-state index in [1.54, 1.807) is 24.1 Å². The molecule has 0 saturated heterocycles. The lowest BCUT2D eigenvalue weighted by Crippen LogP contribution is -2.26. The van der Waals surface area contributed by atoms with Gasteiger partial charge in [0.15, 0.2) is 0 Å². The second kappa shape index (κ2) is 8.00. The van der Waals surface area contributed by atoms with Gasteiger partial charge in [-0.1, -0.05) is 30.3 Å². The lowest BCUT2D eigenvalue weighted by molar-refractivity contribution is -0.130. The predicted molar refractivity (Wildman–Crippen MR) is 102 cm³/mol. The Kier molecular flexibility index (Phi) is 5.52. The van der Waals surface area contributed by atoms with Crippen LogP contribution in [-0.2, 0) is 17.8 Å². The number of benzene rings is 3. The minimum atomic E-state index is -0.258. The van der Waals surface area contributed by atoms with Crippen LogP contribution in [0.25, 0.3) is 10.8 Å². The van der Waals surface area contributed by atoms with E-state index in [1.807, 2.05) is 37.4 Å². The summed E-state index contributed by atoms with van der Waals surface area (Å²) in [4.78, 5) is 14.1. The van der Waals surface area contributed by atoms with E-state index in [0.717, 1.165) is 27.6 Å². The van der Waals surface area contributed by atoms with E-state index < -0.39 is 0 Å². The van der Waals surface area contributed by atoms with E-state index >= 15 is 0 Å². The number of hydrogen-bond acceptors (Lipinski definition) is 2. The van der Waals surface area contributed by atoms with Gasteiger partial charge in [-0.2, -0.15) is 0 Å². The fourth-order valence-electron chi connectivity index (χ4n) is 2.95. The molecule has 1 amide bonds. The topological polar surface area (TPSA) is 29.5 Å². The Balaban J connectivity index is 1.61. The van der Waals surface area contributed by atoms with Crippen molar-refractivity contribution in [2.45, 2.75) is 19.4 Å². The number of halogens is 1. The van der Waals surface area contributed by atoms with Gasteiger partial charge >= 0.3 is 0 Å². The number of ether oxygens (including phenoxy) is 1. The molecule has 0 fully saturated rings. The molecule has 134 valence electrons. The first-order valence-electron chi connectivity index (χ1n) is 8.60. The molecule has 0 spiro atoms. The normalized spacial score (nSPS) is 10.7. The van der Waals surface area contributed by atoms with Crippen LogP contribution in [0.5, 0.6) is 5.75 Å². The summed E-state index contributed by atoms with van der Waals surface area (Å²) < 4.78 is 18.2. The number of aryl methyl sites for hydroxylation is 1. The maximum atomic E-state index is 12.9. The molecule has 0 bridgehead atoms. The molecule has 0 aromatic heterocycles. The fourth-order valence-corrected chi connectivity index (χ4v) is 2.95. The Morgan fingerprint density at radius 2 is 1.62 bits per heavy atom. The average Bonchev–Trinajstić information content (AvgIpc) is 2.66. The molecule has 3 aromatic rings. The monoisotopic (exact) mass is 351 g/mol. The molecule has 0 aliphatic heterocycles. The molecule has 3 nitrogen and oxygen atoms in total. The first kappa shape index (κ1) is 17.9. The van der Waals surface area contributed by atoms with E-state index in [4.69, 9.17) is 4.74 Å². The Hall–Kier alpha value is -2.88.